The summed E-state index contributed by atoms with van der Waals surface area (Å²) in [5.41, 5.74) is 3.14. The third kappa shape index (κ3) is 3.23. The van der Waals surface area contributed by atoms with Gasteiger partial charge in [0.15, 0.2) is 11.4 Å². The van der Waals surface area contributed by atoms with Crippen LogP contribution in [0, 0.1) is 6.92 Å². The second kappa shape index (κ2) is 6.52. The zero-order chi connectivity index (χ0) is 20.2. The SMILES string of the molecule is Cc1cc2cc(CNC(=O)N3CC4(CC(=O)c5ccc(Cl)cc5O4)C3)ccc2[nH]1. The number of nitrogens with zero attached hydrogens (tertiary/aromatic N) is 1. The molecule has 1 fully saturated rings. The summed E-state index contributed by atoms with van der Waals surface area (Å²) in [5.74, 6) is 0.530. The lowest BCUT2D eigenvalue weighted by Gasteiger charge is -2.50. The number of aromatic amines is 1. The number of hydrogen-bond acceptors (Lipinski definition) is 3. The largest absolute Gasteiger partial charge is 0.482 e. The molecule has 29 heavy (non-hydrogen) atoms. The summed E-state index contributed by atoms with van der Waals surface area (Å²) in [6.45, 7) is 3.23. The van der Waals surface area contributed by atoms with Crippen molar-refractivity contribution in [3.63, 3.8) is 0 Å². The highest BCUT2D eigenvalue weighted by molar-refractivity contribution is 6.30. The number of ketones is 1. The van der Waals surface area contributed by atoms with E-state index in [1.807, 2.05) is 19.1 Å². The van der Waals surface area contributed by atoms with Gasteiger partial charge in [-0.1, -0.05) is 17.7 Å². The van der Waals surface area contributed by atoms with Gasteiger partial charge in [0.25, 0.3) is 0 Å². The van der Waals surface area contributed by atoms with Gasteiger partial charge in [0, 0.05) is 22.8 Å². The van der Waals surface area contributed by atoms with Crippen molar-refractivity contribution in [2.45, 2.75) is 25.5 Å². The monoisotopic (exact) mass is 409 g/mol. The van der Waals surface area contributed by atoms with E-state index >= 15 is 0 Å². The normalized spacial score (nSPS) is 17.0. The highest BCUT2D eigenvalue weighted by Crippen LogP contribution is 2.39. The van der Waals surface area contributed by atoms with Crippen molar-refractivity contribution < 1.29 is 14.3 Å². The van der Waals surface area contributed by atoms with Gasteiger partial charge in [-0.3, -0.25) is 4.79 Å². The Morgan fingerprint density at radius 2 is 2.07 bits per heavy atom. The standard InChI is InChI=1S/C22H20ClN3O3/c1-13-6-15-7-14(2-5-18(15)25-13)10-24-21(28)26-11-22(12-26)9-19(27)17-4-3-16(23)8-20(17)29-22/h2-8,25H,9-12H2,1H3,(H,24,28). The number of benzene rings is 2. The number of amides is 2. The van der Waals surface area contributed by atoms with Gasteiger partial charge >= 0.3 is 6.03 Å². The molecule has 0 unspecified atom stereocenters. The number of H-pyrrole nitrogens is 1. The van der Waals surface area contributed by atoms with E-state index in [1.165, 1.54) is 0 Å². The highest BCUT2D eigenvalue weighted by atomic mass is 35.5. The lowest BCUT2D eigenvalue weighted by Crippen LogP contribution is -2.69. The Kier molecular flexibility index (Phi) is 4.06. The molecule has 148 valence electrons. The van der Waals surface area contributed by atoms with E-state index in [0.29, 0.717) is 36.0 Å². The number of likely N-dealkylation sites (tertiary alicyclic amines) is 1. The van der Waals surface area contributed by atoms with Crippen LogP contribution in [0.3, 0.4) is 0 Å². The summed E-state index contributed by atoms with van der Waals surface area (Å²) < 4.78 is 6.07. The van der Waals surface area contributed by atoms with Gasteiger partial charge < -0.3 is 19.9 Å². The first-order valence-electron chi connectivity index (χ1n) is 9.54. The van der Waals surface area contributed by atoms with E-state index < -0.39 is 5.60 Å². The molecule has 2 amide bonds. The van der Waals surface area contributed by atoms with Crippen molar-refractivity contribution in [1.29, 1.82) is 0 Å². The van der Waals surface area contributed by atoms with Crippen LogP contribution < -0.4 is 10.1 Å². The van der Waals surface area contributed by atoms with Gasteiger partial charge in [0.2, 0.25) is 0 Å². The molecule has 2 aliphatic heterocycles. The molecule has 0 radical (unpaired) electrons. The van der Waals surface area contributed by atoms with Crippen LogP contribution in [0.2, 0.25) is 5.02 Å². The Morgan fingerprint density at radius 3 is 2.90 bits per heavy atom. The maximum atomic E-state index is 12.5. The molecule has 1 aromatic heterocycles. The van der Waals surface area contributed by atoms with Crippen molar-refractivity contribution in [2.75, 3.05) is 13.1 Å². The van der Waals surface area contributed by atoms with E-state index in [-0.39, 0.29) is 18.2 Å². The number of Topliss-reactive ketones (excluding diaryl/α,β-unsaturated/α-hetero) is 1. The summed E-state index contributed by atoms with van der Waals surface area (Å²) >= 11 is 6.03. The van der Waals surface area contributed by atoms with Crippen molar-refractivity contribution in [1.82, 2.24) is 15.2 Å². The summed E-state index contributed by atoms with van der Waals surface area (Å²) in [4.78, 5) is 29.9. The number of urea groups is 1. The molecule has 5 rings (SSSR count). The second-order valence-electron chi connectivity index (χ2n) is 7.91. The van der Waals surface area contributed by atoms with Crippen LogP contribution in [-0.2, 0) is 6.54 Å². The molecule has 6 nitrogen and oxygen atoms in total. The third-order valence-corrected chi connectivity index (χ3v) is 5.80. The van der Waals surface area contributed by atoms with E-state index in [1.54, 1.807) is 23.1 Å². The average molecular weight is 410 g/mol. The second-order valence-corrected chi connectivity index (χ2v) is 8.35. The smallest absolute Gasteiger partial charge is 0.317 e. The van der Waals surface area contributed by atoms with Crippen LogP contribution in [0.15, 0.2) is 42.5 Å². The maximum absolute atomic E-state index is 12.5. The molecule has 1 spiro atoms. The fraction of sp³-hybridized carbons (Fsp3) is 0.273. The van der Waals surface area contributed by atoms with Gasteiger partial charge in [-0.25, -0.2) is 4.79 Å². The van der Waals surface area contributed by atoms with Gasteiger partial charge in [-0.2, -0.15) is 0 Å². The molecule has 7 heteroatoms. The molecule has 2 aromatic carbocycles. The zero-order valence-electron chi connectivity index (χ0n) is 15.9. The number of rotatable bonds is 2. The minimum Gasteiger partial charge on any atom is -0.482 e. The van der Waals surface area contributed by atoms with Gasteiger partial charge in [0.1, 0.15) is 5.75 Å². The van der Waals surface area contributed by atoms with E-state index in [9.17, 15) is 9.59 Å². The molecular weight excluding hydrogens is 390 g/mol. The first kappa shape index (κ1) is 18.1. The van der Waals surface area contributed by atoms with Gasteiger partial charge in [0.05, 0.1) is 25.1 Å². The number of fused-ring (bicyclic) bond motifs is 2. The number of carbonyl (C=O) groups is 2. The van der Waals surface area contributed by atoms with E-state index in [2.05, 4.69) is 22.4 Å². The fourth-order valence-corrected chi connectivity index (χ4v) is 4.33. The number of nitrogens with one attached hydrogen (secondary N) is 2. The number of carbonyl (C=O) groups excluding carboxylic acids is 2. The average Bonchev–Trinajstić information content (AvgIpc) is 3.02. The van der Waals surface area contributed by atoms with Crippen LogP contribution in [0.25, 0.3) is 10.9 Å². The third-order valence-electron chi connectivity index (χ3n) is 5.56. The molecular formula is C22H20ClN3O3. The molecule has 1 saturated heterocycles. The predicted molar refractivity (Wildman–Crippen MR) is 111 cm³/mol. The minimum atomic E-state index is -0.645. The zero-order valence-corrected chi connectivity index (χ0v) is 16.7. The molecule has 3 heterocycles. The maximum Gasteiger partial charge on any atom is 0.317 e. The van der Waals surface area contributed by atoms with E-state index in [0.717, 1.165) is 22.2 Å². The lowest BCUT2D eigenvalue weighted by molar-refractivity contribution is -0.0596. The lowest BCUT2D eigenvalue weighted by atomic mass is 9.84. The molecule has 0 atom stereocenters. The Bertz CT molecular complexity index is 1150. The first-order valence-corrected chi connectivity index (χ1v) is 9.91. The van der Waals surface area contributed by atoms with Crippen LogP contribution in [0.5, 0.6) is 5.75 Å². The fourth-order valence-electron chi connectivity index (χ4n) is 4.16. The van der Waals surface area contributed by atoms with Gasteiger partial charge in [-0.05, 0) is 54.3 Å². The summed E-state index contributed by atoms with van der Waals surface area (Å²) in [5, 5.41) is 4.60. The summed E-state index contributed by atoms with van der Waals surface area (Å²) in [7, 11) is 0. The number of ether oxygens (including phenoxy) is 1. The van der Waals surface area contributed by atoms with Crippen LogP contribution in [0.1, 0.15) is 28.0 Å². The summed E-state index contributed by atoms with van der Waals surface area (Å²) in [6.07, 6.45) is 0.273. The van der Waals surface area contributed by atoms with Crippen LogP contribution in [0.4, 0.5) is 4.79 Å². The topological polar surface area (TPSA) is 74.4 Å². The molecule has 3 aromatic rings. The van der Waals surface area contributed by atoms with Crippen molar-refractivity contribution in [2.24, 2.45) is 0 Å². The molecule has 0 aliphatic carbocycles. The molecule has 2 N–H and O–H groups in total. The minimum absolute atomic E-state index is 0.0260. The number of aromatic nitrogens is 1. The Balaban J connectivity index is 1.21. The first-order chi connectivity index (χ1) is 13.9. The summed E-state index contributed by atoms with van der Waals surface area (Å²) in [6, 6.07) is 13.1. The predicted octanol–water partition coefficient (Wildman–Crippen LogP) is 4.06. The molecule has 0 bridgehead atoms. The quantitative estimate of drug-likeness (QED) is 0.670. The number of aryl methyl sites for hydroxylation is 1. The van der Waals surface area contributed by atoms with E-state index in [4.69, 9.17) is 16.3 Å². The van der Waals surface area contributed by atoms with Crippen LogP contribution >= 0.6 is 11.6 Å². The highest BCUT2D eigenvalue weighted by Gasteiger charge is 2.51. The van der Waals surface area contributed by atoms with Crippen molar-refractivity contribution in [3.05, 3.63) is 64.3 Å². The van der Waals surface area contributed by atoms with Crippen molar-refractivity contribution >= 4 is 34.3 Å². The number of hydrogen-bond donors (Lipinski definition) is 2. The Hall–Kier alpha value is -2.99. The van der Waals surface area contributed by atoms with Crippen molar-refractivity contribution in [3.8, 4) is 5.75 Å². The molecule has 0 saturated carbocycles. The van der Waals surface area contributed by atoms with Gasteiger partial charge in [-0.15, -0.1) is 0 Å². The van der Waals surface area contributed by atoms with Crippen LogP contribution in [-0.4, -0.2) is 40.4 Å². The Morgan fingerprint density at radius 1 is 1.24 bits per heavy atom. The Labute approximate surface area is 172 Å². The molecule has 2 aliphatic rings. The number of halogens is 1.